The van der Waals surface area contributed by atoms with Crippen LogP contribution in [0.2, 0.25) is 0 Å². The fourth-order valence-electron chi connectivity index (χ4n) is 4.24. The average molecular weight is 494 g/mol. The van der Waals surface area contributed by atoms with Gasteiger partial charge in [0, 0.05) is 17.3 Å². The summed E-state index contributed by atoms with van der Waals surface area (Å²) in [6, 6.07) is 16.3. The highest BCUT2D eigenvalue weighted by Gasteiger charge is 2.29. The third-order valence-corrected chi connectivity index (χ3v) is 7.11. The van der Waals surface area contributed by atoms with Gasteiger partial charge in [-0.25, -0.2) is 9.78 Å². The third kappa shape index (κ3) is 5.35. The van der Waals surface area contributed by atoms with Crippen LogP contribution in [0.15, 0.2) is 48.5 Å². The summed E-state index contributed by atoms with van der Waals surface area (Å²) in [5, 5.41) is 15.0. The largest absolute Gasteiger partial charge is 0.481 e. The molecule has 8 nitrogen and oxygen atoms in total. The number of benzene rings is 2. The van der Waals surface area contributed by atoms with Gasteiger partial charge in [0.1, 0.15) is 17.3 Å². The normalized spacial score (nSPS) is 13.0. The van der Waals surface area contributed by atoms with Crippen LogP contribution in [0.1, 0.15) is 50.8 Å². The van der Waals surface area contributed by atoms with Crippen LogP contribution in [0, 0.1) is 12.8 Å². The van der Waals surface area contributed by atoms with Gasteiger partial charge >= 0.3 is 12.1 Å². The first kappa shape index (κ1) is 24.4. The molecule has 182 valence electrons. The van der Waals surface area contributed by atoms with Gasteiger partial charge in [0.25, 0.3) is 5.91 Å². The van der Waals surface area contributed by atoms with Gasteiger partial charge in [-0.3, -0.25) is 9.59 Å². The Balaban J connectivity index is 1.31. The minimum Gasteiger partial charge on any atom is -0.481 e. The van der Waals surface area contributed by atoms with Crippen LogP contribution in [0.5, 0.6) is 0 Å². The quantitative estimate of drug-likeness (QED) is 0.408. The maximum absolute atomic E-state index is 12.4. The number of carboxylic acid groups (broad SMARTS) is 1. The molecule has 0 aliphatic heterocycles. The van der Waals surface area contributed by atoms with Gasteiger partial charge in [-0.1, -0.05) is 55.5 Å². The van der Waals surface area contributed by atoms with E-state index in [4.69, 9.17) is 9.84 Å². The fraction of sp³-hybridized carbons (Fsp3) is 0.308. The number of ether oxygens (including phenoxy) is 1. The number of amides is 2. The molecule has 0 fully saturated rings. The summed E-state index contributed by atoms with van der Waals surface area (Å²) in [6.45, 7) is 3.90. The molecule has 0 saturated carbocycles. The van der Waals surface area contributed by atoms with Crippen LogP contribution in [0.3, 0.4) is 0 Å². The highest BCUT2D eigenvalue weighted by atomic mass is 32.1. The lowest BCUT2D eigenvalue weighted by atomic mass is 9.98. The maximum atomic E-state index is 12.4. The molecule has 0 radical (unpaired) electrons. The molecule has 2 amide bonds. The number of thiazole rings is 1. The molecule has 0 bridgehead atoms. The Hall–Kier alpha value is -3.72. The number of hydrogen-bond acceptors (Lipinski definition) is 6. The molecule has 3 aromatic rings. The topological polar surface area (TPSA) is 118 Å². The SMILES string of the molecule is CCC(CNC(=O)c1nc(CNC(=O)OCC2c3ccccc3-c3ccccc32)sc1C)C(=O)O. The Bertz CT molecular complexity index is 1210. The lowest BCUT2D eigenvalue weighted by Crippen LogP contribution is -2.33. The van der Waals surface area contributed by atoms with Gasteiger partial charge in [0.15, 0.2) is 0 Å². The van der Waals surface area contributed by atoms with Crippen molar-refractivity contribution in [3.05, 3.63) is 75.2 Å². The summed E-state index contributed by atoms with van der Waals surface area (Å²) in [6.07, 6.45) is -0.140. The second kappa shape index (κ2) is 10.7. The van der Waals surface area contributed by atoms with E-state index >= 15 is 0 Å². The first-order valence-electron chi connectivity index (χ1n) is 11.4. The summed E-state index contributed by atoms with van der Waals surface area (Å²) >= 11 is 1.30. The molecule has 1 aliphatic carbocycles. The summed E-state index contributed by atoms with van der Waals surface area (Å²) in [7, 11) is 0. The van der Waals surface area contributed by atoms with Gasteiger partial charge in [-0.05, 0) is 35.6 Å². The number of rotatable bonds is 9. The van der Waals surface area contributed by atoms with E-state index in [0.717, 1.165) is 22.3 Å². The van der Waals surface area contributed by atoms with E-state index < -0.39 is 23.9 Å². The third-order valence-electron chi connectivity index (χ3n) is 6.13. The lowest BCUT2D eigenvalue weighted by Gasteiger charge is -2.14. The van der Waals surface area contributed by atoms with Gasteiger partial charge in [0.2, 0.25) is 0 Å². The summed E-state index contributed by atoms with van der Waals surface area (Å²) in [5.41, 5.74) is 4.84. The van der Waals surface area contributed by atoms with Crippen molar-refractivity contribution >= 4 is 29.3 Å². The van der Waals surface area contributed by atoms with E-state index in [1.807, 2.05) is 24.3 Å². The van der Waals surface area contributed by atoms with E-state index in [1.165, 1.54) is 11.3 Å². The van der Waals surface area contributed by atoms with Crippen molar-refractivity contribution in [2.24, 2.45) is 5.92 Å². The molecule has 9 heteroatoms. The number of nitrogens with zero attached hydrogens (tertiary/aromatic N) is 1. The predicted octanol–water partition coefficient (Wildman–Crippen LogP) is 4.33. The van der Waals surface area contributed by atoms with Gasteiger partial charge in [-0.2, -0.15) is 0 Å². The van der Waals surface area contributed by atoms with Crippen LogP contribution in [-0.2, 0) is 16.1 Å². The molecule has 0 saturated heterocycles. The number of carbonyl (C=O) groups is 3. The van der Waals surface area contributed by atoms with E-state index in [-0.39, 0.29) is 31.3 Å². The molecular weight excluding hydrogens is 466 g/mol. The molecule has 3 N–H and O–H groups in total. The Kier molecular flexibility index (Phi) is 7.45. The van der Waals surface area contributed by atoms with Crippen molar-refractivity contribution in [2.75, 3.05) is 13.2 Å². The van der Waals surface area contributed by atoms with Crippen molar-refractivity contribution in [1.29, 1.82) is 0 Å². The molecule has 1 aromatic heterocycles. The van der Waals surface area contributed by atoms with Crippen molar-refractivity contribution in [3.8, 4) is 11.1 Å². The fourth-order valence-corrected chi connectivity index (χ4v) is 5.11. The van der Waals surface area contributed by atoms with Crippen LogP contribution < -0.4 is 10.6 Å². The molecule has 1 aliphatic rings. The average Bonchev–Trinajstić information content (AvgIpc) is 3.39. The van der Waals surface area contributed by atoms with Gasteiger partial charge in [0.05, 0.1) is 12.5 Å². The zero-order chi connectivity index (χ0) is 24.9. The van der Waals surface area contributed by atoms with E-state index in [2.05, 4.69) is 39.9 Å². The molecule has 2 aromatic carbocycles. The van der Waals surface area contributed by atoms with Crippen molar-refractivity contribution in [1.82, 2.24) is 15.6 Å². The Morgan fingerprint density at radius 2 is 1.69 bits per heavy atom. The maximum Gasteiger partial charge on any atom is 0.407 e. The number of carbonyl (C=O) groups excluding carboxylic acids is 2. The standard InChI is InChI=1S/C26H27N3O5S/c1-3-16(25(31)32)12-27-24(30)23-15(2)35-22(29-23)13-28-26(33)34-14-21-19-10-6-4-8-17(19)18-9-5-7-11-20(18)21/h4-11,16,21H,3,12-14H2,1-2H3,(H,27,30)(H,28,33)(H,31,32). The van der Waals surface area contributed by atoms with E-state index in [1.54, 1.807) is 13.8 Å². The number of aromatic nitrogens is 1. The molecule has 0 spiro atoms. The minimum absolute atomic E-state index is 0.0247. The van der Waals surface area contributed by atoms with Gasteiger partial charge < -0.3 is 20.5 Å². The van der Waals surface area contributed by atoms with Crippen molar-refractivity contribution in [2.45, 2.75) is 32.7 Å². The minimum atomic E-state index is -0.948. The lowest BCUT2D eigenvalue weighted by molar-refractivity contribution is -0.141. The molecule has 1 unspecified atom stereocenters. The van der Waals surface area contributed by atoms with Crippen molar-refractivity contribution in [3.63, 3.8) is 0 Å². The van der Waals surface area contributed by atoms with Crippen LogP contribution in [0.4, 0.5) is 4.79 Å². The number of carboxylic acids is 1. The summed E-state index contributed by atoms with van der Waals surface area (Å²) in [4.78, 5) is 41.0. The number of alkyl carbamates (subject to hydrolysis) is 1. The zero-order valence-electron chi connectivity index (χ0n) is 19.5. The smallest absolute Gasteiger partial charge is 0.407 e. The van der Waals surface area contributed by atoms with E-state index in [9.17, 15) is 14.4 Å². The molecule has 1 heterocycles. The number of hydrogen-bond donors (Lipinski definition) is 3. The number of aliphatic carboxylic acids is 1. The highest BCUT2D eigenvalue weighted by molar-refractivity contribution is 7.11. The van der Waals surface area contributed by atoms with Crippen molar-refractivity contribution < 1.29 is 24.2 Å². The van der Waals surface area contributed by atoms with Crippen LogP contribution >= 0.6 is 11.3 Å². The highest BCUT2D eigenvalue weighted by Crippen LogP contribution is 2.44. The van der Waals surface area contributed by atoms with Gasteiger partial charge in [-0.15, -0.1) is 11.3 Å². The van der Waals surface area contributed by atoms with E-state index in [0.29, 0.717) is 16.3 Å². The first-order valence-corrected chi connectivity index (χ1v) is 12.3. The summed E-state index contributed by atoms with van der Waals surface area (Å²) in [5.74, 6) is -2.04. The second-order valence-electron chi connectivity index (χ2n) is 8.34. The Labute approximate surface area is 207 Å². The second-order valence-corrected chi connectivity index (χ2v) is 9.63. The molecule has 35 heavy (non-hydrogen) atoms. The number of fused-ring (bicyclic) bond motifs is 3. The zero-order valence-corrected chi connectivity index (χ0v) is 20.4. The summed E-state index contributed by atoms with van der Waals surface area (Å²) < 4.78 is 5.54. The Morgan fingerprint density at radius 1 is 1.06 bits per heavy atom. The van der Waals surface area contributed by atoms with Crippen LogP contribution in [-0.4, -0.2) is 41.2 Å². The Morgan fingerprint density at radius 3 is 2.29 bits per heavy atom. The number of nitrogens with one attached hydrogen (secondary N) is 2. The number of aryl methyl sites for hydroxylation is 1. The monoisotopic (exact) mass is 493 g/mol. The molecule has 4 rings (SSSR count). The molecular formula is C26H27N3O5S. The predicted molar refractivity (Wildman–Crippen MR) is 133 cm³/mol. The first-order chi connectivity index (χ1) is 16.9. The molecule has 1 atom stereocenters. The van der Waals surface area contributed by atoms with Crippen LogP contribution in [0.25, 0.3) is 11.1 Å².